The van der Waals surface area contributed by atoms with Gasteiger partial charge in [0.25, 0.3) is 7.82 Å². The molecule has 1 amide bonds. The van der Waals surface area contributed by atoms with E-state index in [1.807, 2.05) is 21.1 Å². The maximum atomic E-state index is 12.3. The molecule has 2 atom stereocenters. The van der Waals surface area contributed by atoms with Crippen molar-refractivity contribution in [3.8, 4) is 0 Å². The summed E-state index contributed by atoms with van der Waals surface area (Å²) >= 11 is 0. The van der Waals surface area contributed by atoms with Crippen LogP contribution >= 0.6 is 7.82 Å². The summed E-state index contributed by atoms with van der Waals surface area (Å²) in [5, 5.41) is 2.96. The number of phosphoric acid groups is 1. The predicted molar refractivity (Wildman–Crippen MR) is 135 cm³/mol. The standard InChI is InChI=1S/C25H53N2O5P/c1-6-8-10-11-12-13-14-15-16-17-18-20-25(28)26-24(19-9-7-2)23-32-33(29,30)31-22-21-27(3,4)5/h24H,6-23H2,1-5H3,(H-,26,28,29,30). The molecule has 0 saturated heterocycles. The Balaban J connectivity index is 4.05. The number of hydrogen-bond donors (Lipinski definition) is 1. The van der Waals surface area contributed by atoms with E-state index in [9.17, 15) is 14.3 Å². The molecule has 0 aromatic carbocycles. The summed E-state index contributed by atoms with van der Waals surface area (Å²) < 4.78 is 22.7. The van der Waals surface area contributed by atoms with E-state index in [0.29, 0.717) is 23.9 Å². The van der Waals surface area contributed by atoms with Crippen molar-refractivity contribution in [2.24, 2.45) is 0 Å². The smallest absolute Gasteiger partial charge is 0.268 e. The van der Waals surface area contributed by atoms with Gasteiger partial charge in [-0.25, -0.2) is 0 Å². The Morgan fingerprint density at radius 2 is 1.36 bits per heavy atom. The molecule has 0 aromatic heterocycles. The lowest BCUT2D eigenvalue weighted by Crippen LogP contribution is -2.39. The maximum Gasteiger partial charge on any atom is 0.268 e. The summed E-state index contributed by atoms with van der Waals surface area (Å²) in [6.45, 7) is 4.88. The highest BCUT2D eigenvalue weighted by Gasteiger charge is 2.18. The number of quaternary nitrogens is 1. The molecular weight excluding hydrogens is 439 g/mol. The van der Waals surface area contributed by atoms with Gasteiger partial charge in [0.15, 0.2) is 0 Å². The monoisotopic (exact) mass is 492 g/mol. The molecule has 198 valence electrons. The lowest BCUT2D eigenvalue weighted by Gasteiger charge is -2.28. The highest BCUT2D eigenvalue weighted by molar-refractivity contribution is 7.45. The van der Waals surface area contributed by atoms with Gasteiger partial charge in [0, 0.05) is 6.42 Å². The van der Waals surface area contributed by atoms with Gasteiger partial charge in [0.1, 0.15) is 13.2 Å². The van der Waals surface area contributed by atoms with E-state index in [1.54, 1.807) is 0 Å². The Morgan fingerprint density at radius 1 is 0.848 bits per heavy atom. The van der Waals surface area contributed by atoms with Crippen LogP contribution in [-0.2, 0) is 18.4 Å². The first kappa shape index (κ1) is 32.5. The van der Waals surface area contributed by atoms with Gasteiger partial charge < -0.3 is 23.7 Å². The van der Waals surface area contributed by atoms with Crippen LogP contribution in [0.15, 0.2) is 0 Å². The van der Waals surface area contributed by atoms with Crippen molar-refractivity contribution in [1.82, 2.24) is 5.32 Å². The summed E-state index contributed by atoms with van der Waals surface area (Å²) in [4.78, 5) is 24.4. The predicted octanol–water partition coefficient (Wildman–Crippen LogP) is 5.57. The van der Waals surface area contributed by atoms with Crippen LogP contribution in [0, 0.1) is 0 Å². The molecule has 0 rings (SSSR count). The number of phosphoric ester groups is 1. The quantitative estimate of drug-likeness (QED) is 0.114. The summed E-state index contributed by atoms with van der Waals surface area (Å²) in [5.74, 6) is -0.0256. The highest BCUT2D eigenvalue weighted by Crippen LogP contribution is 2.38. The Kier molecular flexibility index (Phi) is 19.5. The fourth-order valence-corrected chi connectivity index (χ4v) is 4.28. The molecule has 0 aliphatic carbocycles. The van der Waals surface area contributed by atoms with E-state index in [0.717, 1.165) is 25.7 Å². The van der Waals surface area contributed by atoms with E-state index in [2.05, 4.69) is 19.2 Å². The van der Waals surface area contributed by atoms with Gasteiger partial charge in [-0.3, -0.25) is 9.36 Å². The third-order valence-corrected chi connectivity index (χ3v) is 6.69. The van der Waals surface area contributed by atoms with Crippen molar-refractivity contribution in [3.63, 3.8) is 0 Å². The molecule has 0 radical (unpaired) electrons. The van der Waals surface area contributed by atoms with Crippen LogP contribution in [0.2, 0.25) is 0 Å². The summed E-state index contributed by atoms with van der Waals surface area (Å²) in [6, 6.07) is -0.311. The molecule has 2 unspecified atom stereocenters. The van der Waals surface area contributed by atoms with Crippen molar-refractivity contribution in [2.45, 2.75) is 116 Å². The van der Waals surface area contributed by atoms with Crippen LogP contribution in [0.5, 0.6) is 0 Å². The van der Waals surface area contributed by atoms with E-state index in [1.165, 1.54) is 57.8 Å². The van der Waals surface area contributed by atoms with E-state index in [-0.39, 0.29) is 25.2 Å². The van der Waals surface area contributed by atoms with Gasteiger partial charge in [0.2, 0.25) is 5.91 Å². The molecule has 1 N–H and O–H groups in total. The van der Waals surface area contributed by atoms with Crippen LogP contribution in [-0.4, -0.2) is 57.3 Å². The second kappa shape index (κ2) is 19.8. The SMILES string of the molecule is CCCCCCCCCCCCCC(=O)NC(CCCC)COP(=O)([O-])OCC[N+](C)(C)C. The molecule has 0 fully saturated rings. The van der Waals surface area contributed by atoms with Gasteiger partial charge in [-0.1, -0.05) is 90.9 Å². The Labute approximate surface area is 204 Å². The van der Waals surface area contributed by atoms with Crippen molar-refractivity contribution >= 4 is 13.7 Å². The minimum Gasteiger partial charge on any atom is -0.756 e. The second-order valence-corrected chi connectivity index (χ2v) is 11.7. The van der Waals surface area contributed by atoms with E-state index in [4.69, 9.17) is 9.05 Å². The zero-order chi connectivity index (χ0) is 25.0. The summed E-state index contributed by atoms with van der Waals surface area (Å²) in [5.41, 5.74) is 0. The van der Waals surface area contributed by atoms with Gasteiger partial charge in [-0.15, -0.1) is 0 Å². The van der Waals surface area contributed by atoms with Gasteiger partial charge >= 0.3 is 0 Å². The number of hydrogen-bond acceptors (Lipinski definition) is 5. The van der Waals surface area contributed by atoms with Crippen LogP contribution in [0.25, 0.3) is 0 Å². The van der Waals surface area contributed by atoms with Crippen LogP contribution < -0.4 is 10.2 Å². The maximum absolute atomic E-state index is 12.3. The number of likely N-dealkylation sites (N-methyl/N-ethyl adjacent to an activating group) is 1. The second-order valence-electron chi connectivity index (χ2n) is 10.3. The lowest BCUT2D eigenvalue weighted by atomic mass is 10.0. The third-order valence-electron chi connectivity index (χ3n) is 5.72. The minimum absolute atomic E-state index is 0.0256. The fraction of sp³-hybridized carbons (Fsp3) is 0.960. The first-order valence-electron chi connectivity index (χ1n) is 13.3. The van der Waals surface area contributed by atoms with E-state index < -0.39 is 7.82 Å². The lowest BCUT2D eigenvalue weighted by molar-refractivity contribution is -0.870. The molecule has 0 aliphatic rings. The normalized spacial score (nSPS) is 14.7. The number of carbonyl (C=O) groups is 1. The van der Waals surface area contributed by atoms with Crippen molar-refractivity contribution < 1.29 is 27.8 Å². The number of unbranched alkanes of at least 4 members (excludes halogenated alkanes) is 11. The molecule has 0 aromatic rings. The van der Waals surface area contributed by atoms with Crippen LogP contribution in [0.1, 0.15) is 110 Å². The zero-order valence-corrected chi connectivity index (χ0v) is 23.1. The van der Waals surface area contributed by atoms with Crippen molar-refractivity contribution in [1.29, 1.82) is 0 Å². The largest absolute Gasteiger partial charge is 0.756 e. The Bertz CT molecular complexity index is 525. The van der Waals surface area contributed by atoms with Crippen molar-refractivity contribution in [2.75, 3.05) is 40.9 Å². The molecule has 33 heavy (non-hydrogen) atoms. The van der Waals surface area contributed by atoms with Gasteiger partial charge in [-0.05, 0) is 12.8 Å². The van der Waals surface area contributed by atoms with Crippen LogP contribution in [0.4, 0.5) is 0 Å². The first-order chi connectivity index (χ1) is 15.6. The van der Waals surface area contributed by atoms with E-state index >= 15 is 0 Å². The molecule has 0 spiro atoms. The molecule has 8 heteroatoms. The van der Waals surface area contributed by atoms with Gasteiger partial charge in [-0.2, -0.15) is 0 Å². The highest BCUT2D eigenvalue weighted by atomic mass is 31.2. The van der Waals surface area contributed by atoms with Gasteiger partial charge in [0.05, 0.1) is 33.8 Å². The Hall–Kier alpha value is -0.460. The topological polar surface area (TPSA) is 87.7 Å². The third kappa shape index (κ3) is 23.1. The fourth-order valence-electron chi connectivity index (χ4n) is 3.54. The Morgan fingerprint density at radius 3 is 1.88 bits per heavy atom. The number of rotatable bonds is 23. The molecular formula is C25H53N2O5P. The molecule has 0 aliphatic heterocycles. The zero-order valence-electron chi connectivity index (χ0n) is 22.2. The summed E-state index contributed by atoms with van der Waals surface area (Å²) in [6.07, 6.45) is 16.8. The molecule has 7 nitrogen and oxygen atoms in total. The van der Waals surface area contributed by atoms with Crippen molar-refractivity contribution in [3.05, 3.63) is 0 Å². The summed E-state index contributed by atoms with van der Waals surface area (Å²) in [7, 11) is 1.53. The number of carbonyl (C=O) groups excluding carboxylic acids is 1. The average molecular weight is 493 g/mol. The molecule has 0 saturated carbocycles. The first-order valence-corrected chi connectivity index (χ1v) is 14.8. The minimum atomic E-state index is -4.37. The number of nitrogens with one attached hydrogen (secondary N) is 1. The van der Waals surface area contributed by atoms with Crippen LogP contribution in [0.3, 0.4) is 0 Å². The molecule has 0 bridgehead atoms. The number of amides is 1. The average Bonchev–Trinajstić information content (AvgIpc) is 2.73. The molecule has 0 heterocycles. The number of nitrogens with zero attached hydrogens (tertiary/aromatic N) is 1.